The van der Waals surface area contributed by atoms with Crippen molar-refractivity contribution in [2.24, 2.45) is 4.99 Å². The Balaban J connectivity index is 1.70. The van der Waals surface area contributed by atoms with E-state index in [0.717, 1.165) is 19.4 Å². The molecule has 24 heavy (non-hydrogen) atoms. The highest BCUT2D eigenvalue weighted by atomic mass is 15.2. The molecule has 3 heteroatoms. The lowest BCUT2D eigenvalue weighted by molar-refractivity contribution is 0.860. The molecule has 3 aromatic rings. The molecule has 118 valence electrons. The van der Waals surface area contributed by atoms with Crippen molar-refractivity contribution in [2.75, 3.05) is 11.4 Å². The highest BCUT2D eigenvalue weighted by Gasteiger charge is 2.30. The van der Waals surface area contributed by atoms with Crippen LogP contribution in [0.2, 0.25) is 0 Å². The van der Waals surface area contributed by atoms with Gasteiger partial charge in [-0.2, -0.15) is 0 Å². The maximum atomic E-state index is 4.80. The number of fused-ring (bicyclic) bond motifs is 2. The summed E-state index contributed by atoms with van der Waals surface area (Å²) in [5.41, 5.74) is 5.03. The van der Waals surface area contributed by atoms with Crippen LogP contribution in [0.25, 0.3) is 17.0 Å². The van der Waals surface area contributed by atoms with Gasteiger partial charge in [0.2, 0.25) is 0 Å². The number of nitrogens with zero attached hydrogens (tertiary/aromatic N) is 2. The molecule has 2 aromatic carbocycles. The van der Waals surface area contributed by atoms with Crippen LogP contribution in [-0.2, 0) is 0 Å². The van der Waals surface area contributed by atoms with E-state index in [9.17, 15) is 0 Å². The van der Waals surface area contributed by atoms with Crippen LogP contribution >= 0.6 is 0 Å². The maximum absolute atomic E-state index is 4.80. The van der Waals surface area contributed by atoms with E-state index in [2.05, 4.69) is 76.8 Å². The van der Waals surface area contributed by atoms with Crippen LogP contribution in [0.3, 0.4) is 0 Å². The van der Waals surface area contributed by atoms with Gasteiger partial charge in [-0.25, -0.2) is 0 Å². The van der Waals surface area contributed by atoms with Gasteiger partial charge in [-0.15, -0.1) is 0 Å². The summed E-state index contributed by atoms with van der Waals surface area (Å²) in [7, 11) is 0. The Labute approximate surface area is 141 Å². The van der Waals surface area contributed by atoms with E-state index in [1.54, 1.807) is 0 Å². The second kappa shape index (κ2) is 5.38. The SMILES string of the molecule is C1=CC(c2c[nH]c3ccccc23)N(C2=NCCC2)c2ccccc21. The Morgan fingerprint density at radius 1 is 1.04 bits per heavy atom. The normalized spacial score (nSPS) is 19.6. The van der Waals surface area contributed by atoms with E-state index in [4.69, 9.17) is 4.99 Å². The fourth-order valence-corrected chi connectivity index (χ4v) is 3.88. The molecule has 1 aromatic heterocycles. The Kier molecular flexibility index (Phi) is 3.05. The predicted octanol–water partition coefficient (Wildman–Crippen LogP) is 4.93. The van der Waals surface area contributed by atoms with Crippen molar-refractivity contribution in [2.45, 2.75) is 18.9 Å². The van der Waals surface area contributed by atoms with E-state index in [-0.39, 0.29) is 6.04 Å². The number of para-hydroxylation sites is 2. The van der Waals surface area contributed by atoms with Crippen molar-refractivity contribution in [3.8, 4) is 0 Å². The third-order valence-electron chi connectivity index (χ3n) is 5.00. The molecule has 0 fully saturated rings. The van der Waals surface area contributed by atoms with Crippen molar-refractivity contribution >= 4 is 28.5 Å². The van der Waals surface area contributed by atoms with Gasteiger partial charge in [-0.3, -0.25) is 4.99 Å². The molecule has 0 spiro atoms. The van der Waals surface area contributed by atoms with E-state index in [1.807, 2.05) is 0 Å². The van der Waals surface area contributed by atoms with Gasteiger partial charge in [0, 0.05) is 35.6 Å². The number of aromatic amines is 1. The second-order valence-electron chi connectivity index (χ2n) is 6.42. The molecule has 1 atom stereocenters. The lowest BCUT2D eigenvalue weighted by atomic mass is 9.96. The average Bonchev–Trinajstić information content (AvgIpc) is 3.30. The van der Waals surface area contributed by atoms with Gasteiger partial charge in [0.05, 0.1) is 11.7 Å². The van der Waals surface area contributed by atoms with Crippen molar-refractivity contribution < 1.29 is 0 Å². The number of nitrogens with one attached hydrogen (secondary N) is 1. The van der Waals surface area contributed by atoms with Gasteiger partial charge >= 0.3 is 0 Å². The number of benzene rings is 2. The molecule has 5 rings (SSSR count). The third kappa shape index (κ3) is 2.01. The fourth-order valence-electron chi connectivity index (χ4n) is 3.88. The largest absolute Gasteiger partial charge is 0.361 e. The number of hydrogen-bond acceptors (Lipinski definition) is 2. The lowest BCUT2D eigenvalue weighted by Crippen LogP contribution is -2.35. The minimum Gasteiger partial charge on any atom is -0.361 e. The molecule has 0 aliphatic carbocycles. The van der Waals surface area contributed by atoms with E-state index in [0.29, 0.717) is 0 Å². The summed E-state index contributed by atoms with van der Waals surface area (Å²) >= 11 is 0. The molecule has 0 radical (unpaired) electrons. The summed E-state index contributed by atoms with van der Waals surface area (Å²) in [6.45, 7) is 0.943. The summed E-state index contributed by atoms with van der Waals surface area (Å²) in [6.07, 6.45) is 8.90. The number of H-pyrrole nitrogens is 1. The van der Waals surface area contributed by atoms with E-state index in [1.165, 1.54) is 33.6 Å². The molecule has 0 saturated heterocycles. The van der Waals surface area contributed by atoms with Crippen LogP contribution in [0.4, 0.5) is 5.69 Å². The highest BCUT2D eigenvalue weighted by Crippen LogP contribution is 2.40. The maximum Gasteiger partial charge on any atom is 0.104 e. The monoisotopic (exact) mass is 313 g/mol. The first kappa shape index (κ1) is 13.6. The Hall–Kier alpha value is -2.81. The minimum atomic E-state index is 0.188. The van der Waals surface area contributed by atoms with Crippen molar-refractivity contribution in [3.05, 3.63) is 71.9 Å². The number of aliphatic imine (C=N–C) groups is 1. The zero-order chi connectivity index (χ0) is 15.9. The van der Waals surface area contributed by atoms with Gasteiger partial charge in [-0.1, -0.05) is 48.6 Å². The molecule has 3 heterocycles. The molecular weight excluding hydrogens is 294 g/mol. The minimum absolute atomic E-state index is 0.188. The number of anilines is 1. The summed E-state index contributed by atoms with van der Waals surface area (Å²) in [5.74, 6) is 1.21. The van der Waals surface area contributed by atoms with Crippen LogP contribution in [0.5, 0.6) is 0 Å². The molecule has 0 amide bonds. The first-order valence-corrected chi connectivity index (χ1v) is 8.57. The molecule has 1 N–H and O–H groups in total. The summed E-state index contributed by atoms with van der Waals surface area (Å²) in [4.78, 5) is 10.6. The van der Waals surface area contributed by atoms with Crippen LogP contribution in [0.1, 0.15) is 30.0 Å². The van der Waals surface area contributed by atoms with Gasteiger partial charge < -0.3 is 9.88 Å². The van der Waals surface area contributed by atoms with Gasteiger partial charge in [0.1, 0.15) is 5.84 Å². The first-order valence-electron chi connectivity index (χ1n) is 8.57. The topological polar surface area (TPSA) is 31.4 Å². The van der Waals surface area contributed by atoms with Gasteiger partial charge in [0.15, 0.2) is 0 Å². The first-order chi connectivity index (χ1) is 11.9. The lowest BCUT2D eigenvalue weighted by Gasteiger charge is -2.35. The standard InChI is InChI=1S/C21H19N3/c1-4-9-19-15(6-1)11-12-20(24(19)21-10-5-13-22-21)17-14-23-18-8-3-2-7-16(17)18/h1-4,6-9,11-12,14,20,23H,5,10,13H2. The molecule has 0 bridgehead atoms. The predicted molar refractivity (Wildman–Crippen MR) is 101 cm³/mol. The molecule has 2 aliphatic rings. The zero-order valence-corrected chi connectivity index (χ0v) is 13.4. The molecular formula is C21H19N3. The molecule has 2 aliphatic heterocycles. The number of hydrogen-bond donors (Lipinski definition) is 1. The Bertz CT molecular complexity index is 964. The van der Waals surface area contributed by atoms with Crippen molar-refractivity contribution in [1.29, 1.82) is 0 Å². The van der Waals surface area contributed by atoms with Crippen LogP contribution in [-0.4, -0.2) is 17.4 Å². The number of rotatable bonds is 1. The summed E-state index contributed by atoms with van der Waals surface area (Å²) in [5, 5.41) is 1.29. The fraction of sp³-hybridized carbons (Fsp3) is 0.190. The van der Waals surface area contributed by atoms with Crippen molar-refractivity contribution in [1.82, 2.24) is 4.98 Å². The number of aromatic nitrogens is 1. The summed E-state index contributed by atoms with van der Waals surface area (Å²) < 4.78 is 0. The van der Waals surface area contributed by atoms with E-state index >= 15 is 0 Å². The Morgan fingerprint density at radius 2 is 1.92 bits per heavy atom. The molecule has 3 nitrogen and oxygen atoms in total. The third-order valence-corrected chi connectivity index (χ3v) is 5.00. The second-order valence-corrected chi connectivity index (χ2v) is 6.42. The molecule has 0 saturated carbocycles. The number of amidine groups is 1. The highest BCUT2D eigenvalue weighted by molar-refractivity contribution is 6.03. The van der Waals surface area contributed by atoms with Crippen LogP contribution in [0, 0.1) is 0 Å². The Morgan fingerprint density at radius 3 is 2.83 bits per heavy atom. The summed E-state index contributed by atoms with van der Waals surface area (Å²) in [6, 6.07) is 17.3. The van der Waals surface area contributed by atoms with Gasteiger partial charge in [0.25, 0.3) is 0 Å². The quantitative estimate of drug-likeness (QED) is 0.678. The smallest absolute Gasteiger partial charge is 0.104 e. The zero-order valence-electron chi connectivity index (χ0n) is 13.4. The van der Waals surface area contributed by atoms with Crippen LogP contribution in [0.15, 0.2) is 65.8 Å². The van der Waals surface area contributed by atoms with Crippen molar-refractivity contribution in [3.63, 3.8) is 0 Å². The average molecular weight is 313 g/mol. The van der Waals surface area contributed by atoms with Crippen LogP contribution < -0.4 is 4.90 Å². The van der Waals surface area contributed by atoms with E-state index < -0.39 is 0 Å². The molecule has 1 unspecified atom stereocenters. The van der Waals surface area contributed by atoms with Gasteiger partial charge in [-0.05, 0) is 24.1 Å².